The van der Waals surface area contributed by atoms with Crippen molar-refractivity contribution in [3.63, 3.8) is 0 Å². The Morgan fingerprint density at radius 2 is 0.585 bits per heavy atom. The van der Waals surface area contributed by atoms with Crippen LogP contribution >= 0.6 is 27.5 Å². The van der Waals surface area contributed by atoms with E-state index in [0.29, 0.717) is 144 Å². The molecule has 0 saturated heterocycles. The van der Waals surface area contributed by atoms with E-state index in [1.807, 2.05) is 25.1 Å². The van der Waals surface area contributed by atoms with Crippen molar-refractivity contribution < 1.29 is 51.4 Å². The Kier molecular flexibility index (Phi) is 29.2. The summed E-state index contributed by atoms with van der Waals surface area (Å²) < 4.78 is 62.6. The smallest absolute Gasteiger partial charge is 0.418 e. The van der Waals surface area contributed by atoms with E-state index >= 15 is 0 Å². The molecule has 6 heterocycles. The molecule has 6 saturated carbocycles. The van der Waals surface area contributed by atoms with Gasteiger partial charge in [-0.15, -0.1) is 0 Å². The van der Waals surface area contributed by atoms with E-state index in [1.165, 1.54) is 61.6 Å². The van der Waals surface area contributed by atoms with Crippen molar-refractivity contribution in [1.29, 1.82) is 0 Å². The number of hydrogen-bond donors (Lipinski definition) is 1. The molecule has 31 heteroatoms. The third-order valence-electron chi connectivity index (χ3n) is 24.3. The van der Waals surface area contributed by atoms with E-state index in [4.69, 9.17) is 11.6 Å². The Balaban J connectivity index is 0.000000141. The monoisotopic (exact) mass is 1850 g/mol. The van der Waals surface area contributed by atoms with Gasteiger partial charge >= 0.3 is 6.18 Å². The lowest BCUT2D eigenvalue weighted by atomic mass is 9.90. The van der Waals surface area contributed by atoms with Crippen LogP contribution in [-0.4, -0.2) is 97.1 Å². The maximum absolute atomic E-state index is 13.8. The molecule has 6 aromatic heterocycles. The molecule has 25 nitrogen and oxygen atoms in total. The Morgan fingerprint density at radius 3 is 0.931 bits per heavy atom. The normalized spacial score (nSPS) is 19.1. The second-order valence-corrected chi connectivity index (χ2v) is 34.7. The summed E-state index contributed by atoms with van der Waals surface area (Å²) in [6, 6.07) is 25.5. The van der Waals surface area contributed by atoms with Gasteiger partial charge in [0.25, 0.3) is 33.4 Å². The first-order valence-corrected chi connectivity index (χ1v) is 43.3. The van der Waals surface area contributed by atoms with Crippen LogP contribution in [0.2, 0.25) is 5.02 Å². The number of Topliss-reactive ketones (excluding diaryl/α,β-unsaturated/α-hetero) is 6. The molecule has 6 aliphatic carbocycles. The minimum atomic E-state index is -4.60. The van der Waals surface area contributed by atoms with Gasteiger partial charge in [-0.05, 0) is 214 Å². The van der Waals surface area contributed by atoms with Gasteiger partial charge in [-0.1, -0.05) is 134 Å². The third kappa shape index (κ3) is 19.7. The molecule has 6 fully saturated rings. The number of phenols is 1. The number of benzene rings is 6. The maximum atomic E-state index is 13.8. The minimum absolute atomic E-state index is 0. The lowest BCUT2D eigenvalue weighted by Gasteiger charge is -2.26. The number of hydrogen-bond acceptors (Lipinski definition) is 19. The number of aromatic hydroxyl groups is 1. The molecule has 12 aromatic rings. The molecule has 0 bridgehead atoms. The summed E-state index contributed by atoms with van der Waals surface area (Å²) in [7, 11) is 0. The van der Waals surface area contributed by atoms with Crippen LogP contribution in [-0.2, 0) is 34.9 Å². The van der Waals surface area contributed by atoms with Crippen LogP contribution in [0.1, 0.15) is 205 Å². The van der Waals surface area contributed by atoms with Gasteiger partial charge in [0.2, 0.25) is 0 Å². The van der Waals surface area contributed by atoms with Crippen LogP contribution in [0.5, 0.6) is 5.75 Å². The molecule has 1 N–H and O–H groups in total. The number of aromatic nitrogens is 12. The number of halogens is 6. The van der Waals surface area contributed by atoms with Crippen molar-refractivity contribution in [1.82, 2.24) is 57.3 Å². The molecular weight excluding hydrogens is 1760 g/mol. The van der Waals surface area contributed by atoms with Crippen LogP contribution in [0.3, 0.4) is 0 Å². The first-order chi connectivity index (χ1) is 61.1. The maximum Gasteiger partial charge on any atom is 0.418 e. The minimum Gasteiger partial charge on any atom is -0.506 e. The number of rotatable bonds is 6. The number of ketones is 6. The van der Waals surface area contributed by atoms with E-state index in [-0.39, 0.29) is 122 Å². The molecule has 0 spiro atoms. The van der Waals surface area contributed by atoms with E-state index in [2.05, 4.69) is 85.3 Å². The van der Waals surface area contributed by atoms with Gasteiger partial charge in [-0.25, -0.2) is 34.3 Å². The number of carbonyl (C=O) groups excluding carboxylic acids is 6. The van der Waals surface area contributed by atoms with E-state index in [1.54, 1.807) is 92.3 Å². The van der Waals surface area contributed by atoms with Crippen molar-refractivity contribution in [2.75, 3.05) is 0 Å². The van der Waals surface area contributed by atoms with Crippen molar-refractivity contribution >= 4 is 128 Å². The van der Waals surface area contributed by atoms with E-state index < -0.39 is 59.4 Å². The topological polar surface area (TPSA) is 332 Å². The predicted octanol–water partition coefficient (Wildman–Crippen LogP) is 18.6. The molecule has 6 atom stereocenters. The molecule has 0 amide bonds. The highest BCUT2D eigenvalue weighted by molar-refractivity contribution is 9.10. The number of carbonyl (C=O) groups is 6. The van der Waals surface area contributed by atoms with Gasteiger partial charge in [0.15, 0.2) is 34.7 Å². The Labute approximate surface area is 757 Å². The summed E-state index contributed by atoms with van der Waals surface area (Å²) in [5.41, 5.74) is 5.55. The van der Waals surface area contributed by atoms with Gasteiger partial charge in [-0.2, -0.15) is 13.2 Å². The first-order valence-electron chi connectivity index (χ1n) is 42.1. The fourth-order valence-corrected chi connectivity index (χ4v) is 18.5. The second-order valence-electron chi connectivity index (χ2n) is 33.4. The average Bonchev–Trinajstić information content (AvgIpc) is 0.755. The molecule has 130 heavy (non-hydrogen) atoms. The number of nitrogens with zero attached hydrogens (tertiary/aromatic N) is 12. The summed E-state index contributed by atoms with van der Waals surface area (Å²) in [5.74, 6) is 2.00. The zero-order chi connectivity index (χ0) is 93.4. The summed E-state index contributed by atoms with van der Waals surface area (Å²) in [4.78, 5) is 176. The summed E-state index contributed by atoms with van der Waals surface area (Å²) in [6.45, 7) is 35.1. The molecular formula is C99H98BrClF4N12O13. The van der Waals surface area contributed by atoms with Gasteiger partial charge in [0.05, 0.1) is 101 Å². The van der Waals surface area contributed by atoms with Crippen LogP contribution in [0.4, 0.5) is 17.6 Å². The number of alkyl halides is 3. The zero-order valence-electron chi connectivity index (χ0n) is 72.3. The molecule has 6 aromatic carbocycles. The average molecular weight is 1860 g/mol. The van der Waals surface area contributed by atoms with Crippen molar-refractivity contribution in [3.05, 3.63) is 306 Å². The quantitative estimate of drug-likeness (QED) is 0.119. The van der Waals surface area contributed by atoms with Gasteiger partial charge in [0, 0.05) is 43.0 Å². The first kappa shape index (κ1) is 96.0. The summed E-state index contributed by atoms with van der Waals surface area (Å²) in [6.07, 6.45) is 4.99. The lowest BCUT2D eigenvalue weighted by Crippen LogP contribution is -2.34. The Morgan fingerprint density at radius 1 is 0.338 bits per heavy atom. The summed E-state index contributed by atoms with van der Waals surface area (Å²) in [5, 5.41) is 12.2. The molecule has 674 valence electrons. The number of para-hydroxylation sites is 6. The largest absolute Gasteiger partial charge is 0.506 e. The highest BCUT2D eigenvalue weighted by Gasteiger charge is 2.38. The standard InChI is InChI=1S/C17H15F3N2O2.C17H18N2O2.C16H15BrN2O2.C16H15ClN2O2.C16H15FN2O2.C16H16N2O3.CH4/c1-9-6-7-13(14(23)8-9)22-10(2)21-15-11(16(22)24)4-3-5-12(15)17(18,19)20;1-10-7-8-14(15(20)9-10)19-12(3)18-16-11(2)5-4-6-13(16)17(19)21;3*1-9-6-7-13(14(20)8-9)19-10(2)18-15-11(16(19)21)4-3-5-12(15)17;1-9-6-7-12(14(20)8-9)18-10(2)17-15-11(16(18)21)4-3-5-13(15)19;/h3-5,13H,1,6-8H2,2H3;4-6,14H,1,7-9H2,2-3H3;3*3-5,13H,1,6-8H2,2H3;3-5,12,19H,1,6-8H2,2H3;1H4. The van der Waals surface area contributed by atoms with Gasteiger partial charge in [0.1, 0.15) is 57.5 Å². The van der Waals surface area contributed by atoms with E-state index in [0.717, 1.165) is 80.7 Å². The van der Waals surface area contributed by atoms with Gasteiger partial charge < -0.3 is 5.11 Å². The second kappa shape index (κ2) is 39.5. The Hall–Kier alpha value is -13.1. The summed E-state index contributed by atoms with van der Waals surface area (Å²) >= 11 is 9.51. The molecule has 0 aliphatic heterocycles. The van der Waals surface area contributed by atoms with Gasteiger partial charge in [-0.3, -0.25) is 84.9 Å². The highest BCUT2D eigenvalue weighted by Crippen LogP contribution is 2.38. The van der Waals surface area contributed by atoms with Crippen molar-refractivity contribution in [2.24, 2.45) is 0 Å². The fraction of sp³-hybridized carbons (Fsp3) is 0.333. The zero-order valence-corrected chi connectivity index (χ0v) is 74.6. The lowest BCUT2D eigenvalue weighted by molar-refractivity contribution is -0.136. The van der Waals surface area contributed by atoms with Crippen molar-refractivity contribution in [2.45, 2.75) is 214 Å². The fourth-order valence-electron chi connectivity index (χ4n) is 17.8. The number of fused-ring (bicyclic) bond motifs is 6. The number of aryl methyl sites for hydroxylation is 7. The van der Waals surface area contributed by atoms with E-state index in [9.17, 15) is 80.2 Å². The predicted molar refractivity (Wildman–Crippen MR) is 497 cm³/mol. The van der Waals surface area contributed by atoms with Crippen LogP contribution in [0.15, 0.2) is 215 Å². The van der Waals surface area contributed by atoms with Crippen molar-refractivity contribution in [3.8, 4) is 5.75 Å². The Bertz CT molecular complexity index is 6410. The molecule has 0 radical (unpaired) electrons. The molecule has 18 rings (SSSR count). The van der Waals surface area contributed by atoms with Crippen LogP contribution < -0.4 is 33.4 Å². The van der Waals surface area contributed by atoms with Crippen LogP contribution in [0, 0.1) is 54.3 Å². The number of allylic oxidation sites excluding steroid dienone is 6. The van der Waals surface area contributed by atoms with Crippen LogP contribution in [0.25, 0.3) is 65.4 Å². The molecule has 6 aliphatic rings. The molecule has 6 unspecified atom stereocenters. The SMILES string of the molecule is C.C=C1CCC(n2c(C)nc3c(Br)cccc3c2=O)C(=O)C1.C=C1CCC(n2c(C)nc3c(C(F)(F)F)cccc3c2=O)C(=O)C1.C=C1CCC(n2c(C)nc3c(C)cccc3c2=O)C(=O)C1.C=C1CCC(n2c(C)nc3c(Cl)cccc3c2=O)C(=O)C1.C=C1CCC(n2c(C)nc3c(F)cccc3c2=O)C(=O)C1.C=C1CCC(n2c(C)nc3c(O)cccc3c2=O)C(=O)C1. The third-order valence-corrected chi connectivity index (χ3v) is 25.2. The highest BCUT2D eigenvalue weighted by atomic mass is 79.9. The number of phenolic OH excluding ortho intramolecular Hbond substituents is 1.